The smallest absolute Gasteiger partial charge is 0.430 e. The molecule has 0 radical (unpaired) electrons. The number of carbonyl (C=O) groups is 10. The molecule has 2 aromatic rings. The number of hydrogen-bond acceptors (Lipinski definition) is 14. The van der Waals surface area contributed by atoms with Crippen molar-refractivity contribution in [2.75, 3.05) is 36.8 Å². The lowest BCUT2D eigenvalue weighted by molar-refractivity contribution is -0.479. The van der Waals surface area contributed by atoms with Gasteiger partial charge in [0.15, 0.2) is 11.6 Å². The topological polar surface area (TPSA) is 422 Å². The van der Waals surface area contributed by atoms with Gasteiger partial charge in [-0.3, -0.25) is 28.8 Å². The van der Waals surface area contributed by atoms with Crippen molar-refractivity contribution >= 4 is 70.4 Å². The number of carboxylic acid groups (broad SMARTS) is 4. The van der Waals surface area contributed by atoms with E-state index in [2.05, 4.69) is 44.2 Å². The molecular weight excluding hydrogens is 972 g/mol. The van der Waals surface area contributed by atoms with Crippen LogP contribution in [0.5, 0.6) is 0 Å². The highest BCUT2D eigenvalue weighted by Gasteiger charge is 2.32. The number of aliphatic carboxylic acids is 4. The van der Waals surface area contributed by atoms with Crippen LogP contribution in [0.2, 0.25) is 0 Å². The molecule has 16 N–H and O–H groups in total. The largest absolute Gasteiger partial charge is 0.542 e. The first kappa shape index (κ1) is 62.6. The third-order valence-electron chi connectivity index (χ3n) is 7.25. The molecule has 0 spiro atoms. The molecule has 1 aliphatic carbocycles. The maximum absolute atomic E-state index is 13.2. The average molecular weight is 1010 g/mol. The van der Waals surface area contributed by atoms with E-state index < -0.39 is 72.2 Å². The summed E-state index contributed by atoms with van der Waals surface area (Å²) in [6, 6.07) is 7.87. The van der Waals surface area contributed by atoms with Crippen molar-refractivity contribution in [1.29, 1.82) is 0 Å². The Labute approximate surface area is 370 Å². The summed E-state index contributed by atoms with van der Waals surface area (Å²) in [5, 5.41) is 45.7. The summed E-state index contributed by atoms with van der Waals surface area (Å²) in [7, 11) is 0. The van der Waals surface area contributed by atoms with E-state index in [1.54, 1.807) is 0 Å². The number of alkyl halides is 12. The predicted molar refractivity (Wildman–Crippen MR) is 185 cm³/mol. The van der Waals surface area contributed by atoms with Crippen molar-refractivity contribution in [1.82, 2.24) is 10.6 Å². The van der Waals surface area contributed by atoms with E-state index in [9.17, 15) is 81.5 Å². The monoisotopic (exact) mass is 1010 g/mol. The molecule has 2 atom stereocenters. The third-order valence-corrected chi connectivity index (χ3v) is 7.25. The summed E-state index contributed by atoms with van der Waals surface area (Å²) < 4.78 is 126. The van der Waals surface area contributed by atoms with Crippen LogP contribution in [0, 0.1) is 0 Å². The maximum Gasteiger partial charge on any atom is 0.430 e. The molecule has 0 aliphatic heterocycles. The van der Waals surface area contributed by atoms with Crippen molar-refractivity contribution in [2.24, 2.45) is 0 Å². The Hall–Kier alpha value is -7.46. The molecule has 380 valence electrons. The van der Waals surface area contributed by atoms with Gasteiger partial charge in [0.25, 0.3) is 11.8 Å². The van der Waals surface area contributed by atoms with Crippen molar-refractivity contribution in [2.45, 2.75) is 49.6 Å². The predicted octanol–water partition coefficient (Wildman–Crippen LogP) is -7.75. The zero-order valence-electron chi connectivity index (χ0n) is 33.9. The Kier molecular flexibility index (Phi) is 25.1. The number of fused-ring (bicyclic) bond motifs is 2. The number of carbonyl (C=O) groups excluding carboxylic acids is 10. The number of amides is 4. The van der Waals surface area contributed by atoms with Gasteiger partial charge >= 0.3 is 24.7 Å². The van der Waals surface area contributed by atoms with Crippen molar-refractivity contribution in [3.8, 4) is 0 Å². The molecule has 34 heteroatoms. The van der Waals surface area contributed by atoms with Crippen LogP contribution >= 0.6 is 0 Å². The summed E-state index contributed by atoms with van der Waals surface area (Å²) in [4.78, 5) is 110. The summed E-state index contributed by atoms with van der Waals surface area (Å²) in [5.74, 6) is -14.1. The Morgan fingerprint density at radius 2 is 0.706 bits per heavy atom. The molecule has 22 nitrogen and oxygen atoms in total. The molecule has 0 bridgehead atoms. The van der Waals surface area contributed by atoms with Crippen molar-refractivity contribution < 1.29 is 144 Å². The highest BCUT2D eigenvalue weighted by Crippen LogP contribution is 2.31. The fraction of sp³-hybridized carbons (Fsp3) is 0.353. The second kappa shape index (κ2) is 27.2. The third kappa shape index (κ3) is 23.6. The zero-order chi connectivity index (χ0) is 53.7. The minimum Gasteiger partial charge on any atom is -0.542 e. The number of rotatable bonds is 12. The van der Waals surface area contributed by atoms with Gasteiger partial charge in [0.05, 0.1) is 0 Å². The number of ketones is 2. The van der Waals surface area contributed by atoms with Crippen LogP contribution in [-0.2, 0) is 38.4 Å². The molecule has 68 heavy (non-hydrogen) atoms. The van der Waals surface area contributed by atoms with Crippen molar-refractivity contribution in [3.63, 3.8) is 0 Å². The molecule has 0 fully saturated rings. The number of hydrogen-bond donors (Lipinski definition) is 8. The van der Waals surface area contributed by atoms with Gasteiger partial charge < -0.3 is 83.8 Å². The summed E-state index contributed by atoms with van der Waals surface area (Å²) in [6.07, 6.45) is -20.8. The van der Waals surface area contributed by atoms with Gasteiger partial charge in [0.2, 0.25) is 23.9 Å². The lowest BCUT2D eigenvalue weighted by atomic mass is 9.83. The van der Waals surface area contributed by atoms with Crippen LogP contribution in [-0.4, -0.2) is 122 Å². The first-order valence-corrected chi connectivity index (χ1v) is 17.7. The SMILES string of the molecule is O=C([O-])C(F)(F)F.O=C([O-])C(F)(F)F.O=C([O-])C(F)(F)F.O=C([O-])C(F)(F)F.[NH3+]CC([NH3+])C(=O)NCCC(=O)Nc1ccc2c(c1)C(=O)c1ccc(NC(=O)CCNC(=O)C([NH3+])C[NH3+])cc1C2=O. The number of benzene rings is 2. The molecule has 4 amide bonds. The average Bonchev–Trinajstić information content (AvgIpc) is 3.21. The standard InChI is InChI=1S/C26H32N8O6.4C2HF3O2/c27-11-19(29)25(39)31-7-5-21(35)33-13-1-3-15-17(9-13)24(38)16-4-2-14(10-18(16)23(15)37)34-22(36)6-8-32-26(40)20(30)12-28;4*3-2(4,5)1(6)7/h1-4,9-10,19-20H,5-8,11-12,27-30H2,(H,31,39)(H,32,40)(H,33,35)(H,34,36);4*(H,6,7). The van der Waals surface area contributed by atoms with Gasteiger partial charge in [-0.15, -0.1) is 0 Å². The molecule has 3 rings (SSSR count). The molecule has 0 saturated carbocycles. The minimum absolute atomic E-state index is 0.00974. The highest BCUT2D eigenvalue weighted by atomic mass is 19.4. The second-order valence-corrected chi connectivity index (χ2v) is 12.5. The van der Waals surface area contributed by atoms with E-state index in [-0.39, 0.29) is 71.8 Å². The molecule has 0 saturated heterocycles. The Bertz CT molecular complexity index is 1970. The first-order chi connectivity index (χ1) is 30.8. The summed E-state index contributed by atoms with van der Waals surface area (Å²) in [6.45, 7) is 0.921. The summed E-state index contributed by atoms with van der Waals surface area (Å²) >= 11 is 0. The molecule has 2 aromatic carbocycles. The van der Waals surface area contributed by atoms with E-state index >= 15 is 0 Å². The van der Waals surface area contributed by atoms with Crippen LogP contribution in [0.1, 0.15) is 44.7 Å². The van der Waals surface area contributed by atoms with Gasteiger partial charge in [-0.25, -0.2) is 0 Å². The fourth-order valence-electron chi connectivity index (χ4n) is 3.90. The van der Waals surface area contributed by atoms with Gasteiger partial charge in [-0.1, -0.05) is 0 Å². The number of nitrogens with one attached hydrogen (secondary N) is 4. The maximum atomic E-state index is 13.2. The quantitative estimate of drug-likeness (QED) is 0.0782. The van der Waals surface area contributed by atoms with E-state index in [1.165, 1.54) is 36.4 Å². The van der Waals surface area contributed by atoms with Gasteiger partial charge in [0.1, 0.15) is 37.0 Å². The van der Waals surface area contributed by atoms with E-state index in [4.69, 9.17) is 39.6 Å². The number of quaternary nitrogens is 4. The highest BCUT2D eigenvalue weighted by molar-refractivity contribution is 6.29. The van der Waals surface area contributed by atoms with Crippen LogP contribution < -0.4 is 64.6 Å². The van der Waals surface area contributed by atoms with Gasteiger partial charge in [-0.05, 0) is 36.4 Å². The summed E-state index contributed by atoms with van der Waals surface area (Å²) in [5.41, 5.74) is 15.9. The first-order valence-electron chi connectivity index (χ1n) is 17.7. The van der Waals surface area contributed by atoms with E-state index in [0.717, 1.165) is 0 Å². The fourth-order valence-corrected chi connectivity index (χ4v) is 3.90. The number of halogens is 12. The van der Waals surface area contributed by atoms with Gasteiger partial charge in [-0.2, -0.15) is 52.7 Å². The minimum atomic E-state index is -5.19. The molecule has 0 aromatic heterocycles. The lowest BCUT2D eigenvalue weighted by Gasteiger charge is -2.19. The lowest BCUT2D eigenvalue weighted by Crippen LogP contribution is -2.77. The molecular formula is C34H36F12N8O14. The zero-order valence-corrected chi connectivity index (χ0v) is 33.9. The van der Waals surface area contributed by atoms with Crippen LogP contribution in [0.25, 0.3) is 0 Å². The Balaban J connectivity index is 0. The van der Waals surface area contributed by atoms with E-state index in [1.807, 2.05) is 0 Å². The van der Waals surface area contributed by atoms with Crippen LogP contribution in [0.3, 0.4) is 0 Å². The number of anilines is 2. The number of carboxylic acids is 4. The van der Waals surface area contributed by atoms with Crippen LogP contribution in [0.15, 0.2) is 36.4 Å². The van der Waals surface area contributed by atoms with E-state index in [0.29, 0.717) is 24.5 Å². The van der Waals surface area contributed by atoms with Crippen LogP contribution in [0.4, 0.5) is 64.1 Å². The second-order valence-electron chi connectivity index (χ2n) is 12.5. The Morgan fingerprint density at radius 1 is 0.471 bits per heavy atom. The van der Waals surface area contributed by atoms with Crippen molar-refractivity contribution in [3.05, 3.63) is 58.7 Å². The van der Waals surface area contributed by atoms with Gasteiger partial charge in [0, 0.05) is 59.6 Å². The molecule has 1 aliphatic rings. The molecule has 0 heterocycles. The molecule has 2 unspecified atom stereocenters. The Morgan fingerprint density at radius 3 is 0.912 bits per heavy atom. The normalized spacial score (nSPS) is 12.5.